The smallest absolute Gasteiger partial charge is 0.408 e. The van der Waals surface area contributed by atoms with Crippen molar-refractivity contribution in [3.8, 4) is 5.75 Å². The molecule has 5 rings (SSSR count). The summed E-state index contributed by atoms with van der Waals surface area (Å²) in [5.41, 5.74) is 1.30. The molecule has 0 spiro atoms. The minimum Gasteiger partial charge on any atom is -0.497 e. The monoisotopic (exact) mass is 1240 g/mol. The molecule has 3 aliphatic rings. The second-order valence-corrected chi connectivity index (χ2v) is 25.2. The molecule has 3 heterocycles. The fourth-order valence-electron chi connectivity index (χ4n) is 11.5. The average molecular weight is 1250 g/mol. The predicted octanol–water partition coefficient (Wildman–Crippen LogP) is 4.25. The van der Waals surface area contributed by atoms with E-state index < -0.39 is 156 Å². The van der Waals surface area contributed by atoms with Crippen molar-refractivity contribution in [1.82, 2.24) is 40.9 Å². The number of hydrogen-bond donors (Lipinski definition) is 5. The van der Waals surface area contributed by atoms with Gasteiger partial charge in [0.05, 0.1) is 31.6 Å². The van der Waals surface area contributed by atoms with Gasteiger partial charge in [0.15, 0.2) is 11.9 Å². The van der Waals surface area contributed by atoms with E-state index in [0.29, 0.717) is 30.6 Å². The quantitative estimate of drug-likeness (QED) is 0.0792. The number of hydrogen-bond acceptors (Lipinski definition) is 16. The number of amides is 8. The first-order chi connectivity index (χ1) is 42.0. The molecule has 0 radical (unpaired) electrons. The largest absolute Gasteiger partial charge is 0.497 e. The van der Waals surface area contributed by atoms with Crippen LogP contribution in [0.3, 0.4) is 0 Å². The molecule has 492 valence electrons. The summed E-state index contributed by atoms with van der Waals surface area (Å²) in [7, 11) is 4.29. The van der Waals surface area contributed by atoms with E-state index in [0.717, 1.165) is 5.56 Å². The number of carbonyl (C=O) groups excluding carboxylic acids is 11. The van der Waals surface area contributed by atoms with Crippen LogP contribution in [0.25, 0.3) is 0 Å². The SMILES string of the molecule is CC[C@H](C)[C@H]1NC(=O)[C@H](NC(=O)[C@@H](CC(C)C)N(C)C(=O)[C@@H]2CCCN2C(=O)[C@H](C)NC(=O)OCc2ccccc2)[C@@H](C)OC(=O)[C@H](Cc2ccc(OC)cc2)N(C)C(=O)[C@@H]2CCCN2C(=O)[C@H](CC(C)C)NC(=O)[C@@H](C)C(=O)[C@H](C(C)C)OC(=O)C[C@@H]1O. The van der Waals surface area contributed by atoms with Gasteiger partial charge in [-0.25, -0.2) is 9.59 Å². The highest BCUT2D eigenvalue weighted by Gasteiger charge is 2.46. The van der Waals surface area contributed by atoms with Gasteiger partial charge in [-0.2, -0.15) is 0 Å². The van der Waals surface area contributed by atoms with Gasteiger partial charge in [-0.3, -0.25) is 43.2 Å². The summed E-state index contributed by atoms with van der Waals surface area (Å²) in [5, 5.41) is 22.8. The van der Waals surface area contributed by atoms with Gasteiger partial charge in [-0.1, -0.05) is 104 Å². The highest BCUT2D eigenvalue weighted by atomic mass is 16.6. The number of ether oxygens (including phenoxy) is 4. The topological polar surface area (TPSA) is 306 Å². The van der Waals surface area contributed by atoms with E-state index in [1.54, 1.807) is 76.2 Å². The van der Waals surface area contributed by atoms with Crippen LogP contribution in [0.5, 0.6) is 5.75 Å². The summed E-state index contributed by atoms with van der Waals surface area (Å²) in [4.78, 5) is 164. The van der Waals surface area contributed by atoms with Crippen LogP contribution in [0.15, 0.2) is 54.6 Å². The maximum atomic E-state index is 15.2. The Morgan fingerprint density at radius 2 is 1.46 bits per heavy atom. The number of fused-ring (bicyclic) bond motifs is 1. The molecular formula is C65H96N8O16. The second-order valence-electron chi connectivity index (χ2n) is 25.2. The van der Waals surface area contributed by atoms with Crippen molar-refractivity contribution in [2.75, 3.05) is 34.3 Å². The normalized spacial score (nSPS) is 25.7. The predicted molar refractivity (Wildman–Crippen MR) is 328 cm³/mol. The van der Waals surface area contributed by atoms with Crippen molar-refractivity contribution in [3.05, 3.63) is 65.7 Å². The maximum Gasteiger partial charge on any atom is 0.408 e. The number of benzene rings is 2. The Bertz CT molecular complexity index is 2800. The lowest BCUT2D eigenvalue weighted by Gasteiger charge is -2.36. The number of methoxy groups -OCH3 is 1. The van der Waals surface area contributed by atoms with Crippen LogP contribution in [-0.4, -0.2) is 191 Å². The third-order valence-corrected chi connectivity index (χ3v) is 17.0. The molecule has 2 aromatic rings. The van der Waals surface area contributed by atoms with Crippen molar-refractivity contribution < 1.29 is 76.8 Å². The number of aliphatic hydroxyl groups excluding tert-OH is 1. The fraction of sp³-hybridized carbons (Fsp3) is 0.646. The van der Waals surface area contributed by atoms with Gasteiger partial charge in [0, 0.05) is 33.6 Å². The van der Waals surface area contributed by atoms with Crippen LogP contribution >= 0.6 is 0 Å². The van der Waals surface area contributed by atoms with Gasteiger partial charge >= 0.3 is 18.0 Å². The molecule has 0 saturated carbocycles. The lowest BCUT2D eigenvalue weighted by molar-refractivity contribution is -0.163. The lowest BCUT2D eigenvalue weighted by Crippen LogP contribution is -2.62. The average Bonchev–Trinajstić information content (AvgIpc) is 3.88. The van der Waals surface area contributed by atoms with Crippen molar-refractivity contribution >= 4 is 65.2 Å². The van der Waals surface area contributed by atoms with E-state index in [2.05, 4.69) is 21.3 Å². The van der Waals surface area contributed by atoms with Gasteiger partial charge < -0.3 is 64.9 Å². The number of rotatable bonds is 18. The molecule has 24 heteroatoms. The van der Waals surface area contributed by atoms with E-state index in [4.69, 9.17) is 18.9 Å². The van der Waals surface area contributed by atoms with Crippen molar-refractivity contribution in [2.45, 2.75) is 207 Å². The second kappa shape index (κ2) is 33.3. The summed E-state index contributed by atoms with van der Waals surface area (Å²) in [5.74, 6) is -10.4. The molecule has 3 aliphatic heterocycles. The summed E-state index contributed by atoms with van der Waals surface area (Å²) >= 11 is 0. The molecule has 2 aromatic carbocycles. The molecule has 5 N–H and O–H groups in total. The molecule has 0 aromatic heterocycles. The van der Waals surface area contributed by atoms with Crippen molar-refractivity contribution in [1.29, 1.82) is 0 Å². The zero-order chi connectivity index (χ0) is 66.1. The van der Waals surface area contributed by atoms with Gasteiger partial charge in [0.1, 0.15) is 60.8 Å². The molecule has 0 unspecified atom stereocenters. The van der Waals surface area contributed by atoms with E-state index in [1.165, 1.54) is 61.6 Å². The fourth-order valence-corrected chi connectivity index (χ4v) is 11.5. The van der Waals surface area contributed by atoms with Gasteiger partial charge in [-0.05, 0) is 106 Å². The number of aliphatic hydroxyl groups is 1. The molecule has 8 amide bonds. The number of Topliss-reactive ketones (excluding diaryl/α,β-unsaturated/α-hetero) is 1. The van der Waals surface area contributed by atoms with Gasteiger partial charge in [0.25, 0.3) is 0 Å². The summed E-state index contributed by atoms with van der Waals surface area (Å²) in [6.45, 7) is 18.5. The maximum absolute atomic E-state index is 15.2. The Morgan fingerprint density at radius 3 is 2.07 bits per heavy atom. The van der Waals surface area contributed by atoms with Crippen molar-refractivity contribution in [3.63, 3.8) is 0 Å². The van der Waals surface area contributed by atoms with Gasteiger partial charge in [-0.15, -0.1) is 0 Å². The highest BCUT2D eigenvalue weighted by molar-refractivity contribution is 6.05. The number of ketones is 1. The van der Waals surface area contributed by atoms with E-state index in [9.17, 15) is 38.7 Å². The number of cyclic esters (lactones) is 2. The first kappa shape index (κ1) is 72.1. The van der Waals surface area contributed by atoms with Crippen LogP contribution in [0, 0.1) is 29.6 Å². The van der Waals surface area contributed by atoms with E-state index in [-0.39, 0.29) is 63.6 Å². The number of nitrogens with zero attached hydrogens (tertiary/aromatic N) is 4. The zero-order valence-corrected chi connectivity index (χ0v) is 54.3. The molecule has 0 bridgehead atoms. The Labute approximate surface area is 523 Å². The number of alkyl carbamates (subject to hydrolysis) is 1. The van der Waals surface area contributed by atoms with Crippen LogP contribution in [0.4, 0.5) is 4.79 Å². The standard InChI is InChI=1S/C65H96N8O16/c1-15-39(8)53-51(74)34-52(75)89-56(38(6)7)55(76)40(9)57(77)67-46(31-36(2)3)61(81)73-30-20-24-48(73)63(83)71(13)50(33-43-25-27-45(86-14)28-26-43)64(84)88-42(11)54(59(79)68-53)69-58(78)49(32-37(4)5)70(12)62(82)47-23-19-29-72(47)60(80)41(10)66-65(85)87-35-44-21-17-16-18-22-44/h16-18,21-22,25-28,36-42,46-51,53-54,56,74H,15,19-20,23-24,29-35H2,1-14H3,(H,66,85)(H,67,77)(H,68,79)(H,69,78)/t39-,40-,41-,42+,46-,47-,48-,49+,50-,51-,53+,54+,56-/m0/s1. The highest BCUT2D eigenvalue weighted by Crippen LogP contribution is 2.28. The number of carbonyl (C=O) groups is 11. The third-order valence-electron chi connectivity index (χ3n) is 17.0. The van der Waals surface area contributed by atoms with E-state index >= 15 is 19.2 Å². The molecule has 13 atom stereocenters. The lowest BCUT2D eigenvalue weighted by atomic mass is 9.91. The van der Waals surface area contributed by atoms with Crippen molar-refractivity contribution in [2.24, 2.45) is 29.6 Å². The minimum atomic E-state index is -1.80. The van der Waals surface area contributed by atoms with Crippen LogP contribution in [0.1, 0.15) is 139 Å². The van der Waals surface area contributed by atoms with Crippen LogP contribution in [-0.2, 0) is 75.2 Å². The molecule has 24 nitrogen and oxygen atoms in total. The molecule has 3 saturated heterocycles. The van der Waals surface area contributed by atoms with E-state index in [1.807, 2.05) is 33.8 Å². The first-order valence-corrected chi connectivity index (χ1v) is 31.3. The molecule has 3 fully saturated rings. The molecular weight excluding hydrogens is 1150 g/mol. The summed E-state index contributed by atoms with van der Waals surface area (Å²) < 4.78 is 22.7. The number of nitrogens with one attached hydrogen (secondary N) is 4. The molecule has 89 heavy (non-hydrogen) atoms. The number of likely N-dealkylation sites (tertiary alicyclic amines) is 1. The summed E-state index contributed by atoms with van der Waals surface area (Å²) in [6.07, 6.45) is -4.72. The summed E-state index contributed by atoms with van der Waals surface area (Å²) in [6, 6.07) is 5.45. The zero-order valence-electron chi connectivity index (χ0n) is 54.3. The van der Waals surface area contributed by atoms with Crippen LogP contribution in [0.2, 0.25) is 0 Å². The Morgan fingerprint density at radius 1 is 0.809 bits per heavy atom. The minimum absolute atomic E-state index is 0.0391. The number of likely N-dealkylation sites (N-methyl/N-ethyl adjacent to an activating group) is 2. The Hall–Kier alpha value is -7.63. The van der Waals surface area contributed by atoms with Gasteiger partial charge in [0.2, 0.25) is 41.4 Å². The first-order valence-electron chi connectivity index (χ1n) is 31.3. The third kappa shape index (κ3) is 19.4. The van der Waals surface area contributed by atoms with Crippen LogP contribution < -0.4 is 26.0 Å². The Kier molecular flexibility index (Phi) is 27.0. The Balaban J connectivity index is 1.56. The molecule has 0 aliphatic carbocycles. The number of esters is 2.